The van der Waals surface area contributed by atoms with Crippen LogP contribution < -0.4 is 38.5 Å². The van der Waals surface area contributed by atoms with E-state index in [1.807, 2.05) is 27.7 Å². The van der Waals surface area contributed by atoms with E-state index in [4.69, 9.17) is 17.2 Å². The van der Waals surface area contributed by atoms with Crippen LogP contribution in [0.2, 0.25) is 0 Å². The van der Waals surface area contributed by atoms with Crippen LogP contribution in [0.1, 0.15) is 60.3 Å². The molecule has 0 aliphatic carbocycles. The topological polar surface area (TPSA) is 264 Å². The number of hydrogen-bond acceptors (Lipinski definition) is 8. The first-order valence-corrected chi connectivity index (χ1v) is 12.9. The van der Waals surface area contributed by atoms with Crippen LogP contribution >= 0.6 is 0 Å². The standard InChI is InChI=1S/C24H46N8O7/c1-12(2)9-15(25)20(35)32-18(11-33)22(37)31-17(10-13(3)4)21(36)29-14(5)19(34)30-16(23(38)39)7-6-8-28-24(26)27/h12-18,33H,6-11,25H2,1-5H3,(H,29,36)(H,30,34)(H,31,37)(H,32,35)(H,38,39)(H4,26,27,28)/t14-,15-,16-,17-,18-/m0/s1. The molecule has 0 aromatic carbocycles. The first-order valence-electron chi connectivity index (χ1n) is 12.9. The Balaban J connectivity index is 5.25. The summed E-state index contributed by atoms with van der Waals surface area (Å²) in [7, 11) is 0. The smallest absolute Gasteiger partial charge is 0.326 e. The zero-order valence-electron chi connectivity index (χ0n) is 23.4. The van der Waals surface area contributed by atoms with Crippen molar-refractivity contribution in [2.24, 2.45) is 34.0 Å². The van der Waals surface area contributed by atoms with Crippen LogP contribution in [0.25, 0.3) is 0 Å². The number of carboxylic acids is 1. The summed E-state index contributed by atoms with van der Waals surface area (Å²) in [6.45, 7) is 8.24. The van der Waals surface area contributed by atoms with Gasteiger partial charge in [-0.3, -0.25) is 24.2 Å². The molecule has 15 nitrogen and oxygen atoms in total. The maximum Gasteiger partial charge on any atom is 0.326 e. The van der Waals surface area contributed by atoms with Gasteiger partial charge in [0.15, 0.2) is 5.96 Å². The molecule has 0 aromatic rings. The second-order valence-electron chi connectivity index (χ2n) is 10.2. The SMILES string of the molecule is CC(C)C[C@H](NC(=O)[C@H](CO)NC(=O)[C@@H](N)CC(C)C)C(=O)N[C@@H](C)C(=O)N[C@@H](CCCN=C(N)N)C(=O)O. The highest BCUT2D eigenvalue weighted by Gasteiger charge is 2.30. The van der Waals surface area contributed by atoms with Gasteiger partial charge < -0.3 is 48.7 Å². The zero-order valence-corrected chi connectivity index (χ0v) is 23.4. The Kier molecular flexibility index (Phi) is 16.3. The van der Waals surface area contributed by atoms with Gasteiger partial charge >= 0.3 is 5.97 Å². The van der Waals surface area contributed by atoms with Gasteiger partial charge in [0.05, 0.1) is 12.6 Å². The number of carbonyl (C=O) groups excluding carboxylic acids is 4. The third-order valence-electron chi connectivity index (χ3n) is 5.53. The molecule has 0 aromatic heterocycles. The average Bonchev–Trinajstić information content (AvgIpc) is 2.82. The van der Waals surface area contributed by atoms with E-state index in [1.165, 1.54) is 6.92 Å². The molecule has 0 saturated heterocycles. The van der Waals surface area contributed by atoms with E-state index < -0.39 is 66.4 Å². The van der Waals surface area contributed by atoms with E-state index in [9.17, 15) is 34.2 Å². The molecule has 0 saturated carbocycles. The van der Waals surface area contributed by atoms with Crippen molar-refractivity contribution in [2.75, 3.05) is 13.2 Å². The third-order valence-corrected chi connectivity index (χ3v) is 5.53. The van der Waals surface area contributed by atoms with Crippen LogP contribution in [-0.2, 0) is 24.0 Å². The summed E-state index contributed by atoms with van der Waals surface area (Å²) in [5, 5.41) is 28.8. The Morgan fingerprint density at radius 1 is 0.744 bits per heavy atom. The largest absolute Gasteiger partial charge is 0.480 e. The number of hydrogen-bond donors (Lipinski definition) is 9. The molecule has 5 atom stereocenters. The van der Waals surface area contributed by atoms with Crippen molar-refractivity contribution in [1.82, 2.24) is 21.3 Å². The molecule has 0 bridgehead atoms. The maximum atomic E-state index is 13.0. The van der Waals surface area contributed by atoms with Gasteiger partial charge in [-0.25, -0.2) is 4.79 Å². The van der Waals surface area contributed by atoms with Crippen molar-refractivity contribution in [3.8, 4) is 0 Å². The molecule has 0 aliphatic heterocycles. The molecular formula is C24H46N8O7. The number of nitrogens with two attached hydrogens (primary N) is 3. The predicted molar refractivity (Wildman–Crippen MR) is 145 cm³/mol. The van der Waals surface area contributed by atoms with Crippen molar-refractivity contribution in [1.29, 1.82) is 0 Å². The Morgan fingerprint density at radius 2 is 1.26 bits per heavy atom. The molecule has 0 heterocycles. The summed E-state index contributed by atoms with van der Waals surface area (Å²) in [5.41, 5.74) is 16.3. The van der Waals surface area contributed by atoms with E-state index in [2.05, 4.69) is 26.3 Å². The Labute approximate surface area is 229 Å². The molecule has 0 radical (unpaired) electrons. The highest BCUT2D eigenvalue weighted by molar-refractivity contribution is 5.95. The number of aliphatic hydroxyl groups is 1. The van der Waals surface area contributed by atoms with Crippen LogP contribution in [0.5, 0.6) is 0 Å². The third kappa shape index (κ3) is 14.9. The fourth-order valence-corrected chi connectivity index (χ4v) is 3.50. The number of carbonyl (C=O) groups is 5. The van der Waals surface area contributed by atoms with Gasteiger partial charge in [-0.2, -0.15) is 0 Å². The summed E-state index contributed by atoms with van der Waals surface area (Å²) in [6.07, 6.45) is 0.916. The average molecular weight is 559 g/mol. The van der Waals surface area contributed by atoms with Crippen LogP contribution in [0.4, 0.5) is 0 Å². The van der Waals surface area contributed by atoms with E-state index >= 15 is 0 Å². The lowest BCUT2D eigenvalue weighted by molar-refractivity contribution is -0.142. The summed E-state index contributed by atoms with van der Waals surface area (Å²) in [4.78, 5) is 65.9. The lowest BCUT2D eigenvalue weighted by atomic mass is 10.0. The second-order valence-corrected chi connectivity index (χ2v) is 10.2. The van der Waals surface area contributed by atoms with Gasteiger partial charge in [-0.15, -0.1) is 0 Å². The van der Waals surface area contributed by atoms with Gasteiger partial charge in [-0.05, 0) is 44.4 Å². The highest BCUT2D eigenvalue weighted by atomic mass is 16.4. The number of aliphatic carboxylic acids is 1. The van der Waals surface area contributed by atoms with Crippen LogP contribution in [-0.4, -0.2) is 89.1 Å². The molecular weight excluding hydrogens is 512 g/mol. The fraction of sp³-hybridized carbons (Fsp3) is 0.750. The number of rotatable bonds is 18. The summed E-state index contributed by atoms with van der Waals surface area (Å²) >= 11 is 0. The van der Waals surface area contributed by atoms with Gasteiger partial charge in [0.1, 0.15) is 24.2 Å². The maximum absolute atomic E-state index is 13.0. The normalized spacial score (nSPS) is 14.9. The van der Waals surface area contributed by atoms with Gasteiger partial charge in [0, 0.05) is 6.54 Å². The van der Waals surface area contributed by atoms with Crippen molar-refractivity contribution < 1.29 is 34.2 Å². The number of carboxylic acid groups (broad SMARTS) is 1. The number of nitrogens with one attached hydrogen (secondary N) is 4. The second kappa shape index (κ2) is 17.9. The Bertz CT molecular complexity index is 861. The number of nitrogens with zero attached hydrogens (tertiary/aromatic N) is 1. The summed E-state index contributed by atoms with van der Waals surface area (Å²) in [5.74, 6) is -4.15. The summed E-state index contributed by atoms with van der Waals surface area (Å²) in [6, 6.07) is -5.67. The molecule has 0 unspecified atom stereocenters. The predicted octanol–water partition coefficient (Wildman–Crippen LogP) is -2.50. The first kappa shape index (κ1) is 35.5. The minimum Gasteiger partial charge on any atom is -0.480 e. The Morgan fingerprint density at radius 3 is 1.74 bits per heavy atom. The molecule has 12 N–H and O–H groups in total. The quantitative estimate of drug-likeness (QED) is 0.0484. The van der Waals surface area contributed by atoms with E-state index in [1.54, 1.807) is 0 Å². The number of aliphatic hydroxyl groups excluding tert-OH is 1. The Hall–Kier alpha value is -3.46. The molecule has 4 amide bonds. The number of guanidine groups is 1. The van der Waals surface area contributed by atoms with Gasteiger partial charge in [0.25, 0.3) is 0 Å². The van der Waals surface area contributed by atoms with Gasteiger partial charge in [0.2, 0.25) is 23.6 Å². The minimum absolute atomic E-state index is 0.0478. The van der Waals surface area contributed by atoms with E-state index in [0.717, 1.165) is 0 Å². The van der Waals surface area contributed by atoms with E-state index in [0.29, 0.717) is 12.8 Å². The van der Waals surface area contributed by atoms with Crippen LogP contribution in [0, 0.1) is 11.8 Å². The molecule has 0 aliphatic rings. The molecule has 15 heteroatoms. The van der Waals surface area contributed by atoms with Gasteiger partial charge in [-0.1, -0.05) is 27.7 Å². The van der Waals surface area contributed by atoms with Crippen molar-refractivity contribution in [2.45, 2.75) is 90.5 Å². The monoisotopic (exact) mass is 558 g/mol. The fourth-order valence-electron chi connectivity index (χ4n) is 3.50. The molecule has 0 fully saturated rings. The zero-order chi connectivity index (χ0) is 30.3. The van der Waals surface area contributed by atoms with E-state index in [-0.39, 0.29) is 37.2 Å². The highest BCUT2D eigenvalue weighted by Crippen LogP contribution is 2.07. The molecule has 224 valence electrons. The van der Waals surface area contributed by atoms with Crippen molar-refractivity contribution >= 4 is 35.6 Å². The van der Waals surface area contributed by atoms with Crippen molar-refractivity contribution in [3.63, 3.8) is 0 Å². The van der Waals surface area contributed by atoms with Crippen LogP contribution in [0.3, 0.4) is 0 Å². The van der Waals surface area contributed by atoms with Crippen molar-refractivity contribution in [3.05, 3.63) is 0 Å². The summed E-state index contributed by atoms with van der Waals surface area (Å²) < 4.78 is 0. The number of aliphatic imine (C=N–C) groups is 1. The first-order chi connectivity index (χ1) is 18.1. The lowest BCUT2D eigenvalue weighted by Gasteiger charge is -2.25. The molecule has 39 heavy (non-hydrogen) atoms. The molecule has 0 spiro atoms. The molecule has 0 rings (SSSR count). The minimum atomic E-state index is -1.34. The van der Waals surface area contributed by atoms with Crippen LogP contribution in [0.15, 0.2) is 4.99 Å². The lowest BCUT2D eigenvalue weighted by Crippen LogP contribution is -2.59. The number of amides is 4.